The minimum absolute atomic E-state index is 0.264. The number of halogens is 1. The molecule has 0 unspecified atom stereocenters. The van der Waals surface area contributed by atoms with Gasteiger partial charge in [0.05, 0.1) is 4.90 Å². The van der Waals surface area contributed by atoms with E-state index >= 15 is 0 Å². The second-order valence-electron chi connectivity index (χ2n) is 7.35. The first-order chi connectivity index (χ1) is 14.4. The van der Waals surface area contributed by atoms with Crippen LogP contribution in [0.25, 0.3) is 0 Å². The van der Waals surface area contributed by atoms with E-state index in [1.165, 1.54) is 23.7 Å². The number of aromatic nitrogens is 2. The van der Waals surface area contributed by atoms with E-state index in [4.69, 9.17) is 0 Å². The van der Waals surface area contributed by atoms with Crippen LogP contribution in [0.2, 0.25) is 0 Å². The second-order valence-corrected chi connectivity index (χ2v) is 10.0. The fourth-order valence-electron chi connectivity index (χ4n) is 3.41. The molecule has 1 aromatic heterocycles. The van der Waals surface area contributed by atoms with Gasteiger partial charge in [-0.1, -0.05) is 29.8 Å². The van der Waals surface area contributed by atoms with Crippen LogP contribution in [0.15, 0.2) is 53.4 Å². The fraction of sp³-hybridized carbons (Fsp3) is 0.333. The highest BCUT2D eigenvalue weighted by atomic mass is 32.2. The lowest BCUT2D eigenvalue weighted by Gasteiger charge is -2.21. The van der Waals surface area contributed by atoms with Gasteiger partial charge in [-0.3, -0.25) is 0 Å². The van der Waals surface area contributed by atoms with E-state index in [0.717, 1.165) is 29.2 Å². The smallest absolute Gasteiger partial charge is 0.243 e. The average Bonchev–Trinajstić information content (AvgIpc) is 3.04. The summed E-state index contributed by atoms with van der Waals surface area (Å²) < 4.78 is 45.0. The Balaban J connectivity index is 1.42. The maximum absolute atomic E-state index is 13.1. The second kappa shape index (κ2) is 8.79. The molecule has 0 N–H and O–H groups in total. The van der Waals surface area contributed by atoms with E-state index in [1.807, 2.05) is 19.1 Å². The molecule has 0 aliphatic carbocycles. The van der Waals surface area contributed by atoms with E-state index in [2.05, 4.69) is 14.3 Å². The number of hydrogen-bond acceptors (Lipinski definition) is 6. The Kier molecular flexibility index (Phi) is 6.12. The first-order valence-corrected chi connectivity index (χ1v) is 12.0. The van der Waals surface area contributed by atoms with E-state index in [9.17, 15) is 12.8 Å². The standard InChI is InChI=1S/C21H23FN4O2S2/c1-16-3-9-19(10-4-16)30(27,28)26-12-2-11-25(13-14-26)21-23-20(24-29-21)15-17-5-7-18(22)8-6-17/h3-10H,2,11-15H2,1H3. The minimum Gasteiger partial charge on any atom is -0.345 e. The van der Waals surface area contributed by atoms with Gasteiger partial charge in [-0.05, 0) is 43.2 Å². The van der Waals surface area contributed by atoms with E-state index in [-0.39, 0.29) is 5.82 Å². The molecule has 0 atom stereocenters. The number of hydrogen-bond donors (Lipinski definition) is 0. The van der Waals surface area contributed by atoms with Crippen molar-refractivity contribution in [2.75, 3.05) is 31.1 Å². The molecular weight excluding hydrogens is 423 g/mol. The Morgan fingerprint density at radius 2 is 1.73 bits per heavy atom. The van der Waals surface area contributed by atoms with Crippen molar-refractivity contribution >= 4 is 26.7 Å². The number of sulfonamides is 1. The lowest BCUT2D eigenvalue weighted by molar-refractivity contribution is 0.433. The quantitative estimate of drug-likeness (QED) is 0.600. The molecule has 1 aliphatic heterocycles. The van der Waals surface area contributed by atoms with Gasteiger partial charge in [0, 0.05) is 44.1 Å². The van der Waals surface area contributed by atoms with E-state index in [1.54, 1.807) is 28.6 Å². The molecule has 0 saturated carbocycles. The Hall–Kier alpha value is -2.36. The van der Waals surface area contributed by atoms with Crippen LogP contribution in [0.3, 0.4) is 0 Å². The fourth-order valence-corrected chi connectivity index (χ4v) is 5.62. The molecule has 158 valence electrons. The summed E-state index contributed by atoms with van der Waals surface area (Å²) in [6.45, 7) is 4.12. The van der Waals surface area contributed by atoms with Crippen LogP contribution in [0.1, 0.15) is 23.4 Å². The van der Waals surface area contributed by atoms with E-state index in [0.29, 0.717) is 36.8 Å². The van der Waals surface area contributed by atoms with Gasteiger partial charge in [0.1, 0.15) is 11.6 Å². The Bertz CT molecular complexity index is 1100. The third-order valence-corrected chi connectivity index (χ3v) is 7.84. The summed E-state index contributed by atoms with van der Waals surface area (Å²) in [6.07, 6.45) is 1.26. The molecule has 0 bridgehead atoms. The maximum Gasteiger partial charge on any atom is 0.243 e. The van der Waals surface area contributed by atoms with Gasteiger partial charge in [-0.15, -0.1) is 0 Å². The molecule has 1 fully saturated rings. The molecule has 2 heterocycles. The van der Waals surface area contributed by atoms with Crippen LogP contribution in [0, 0.1) is 12.7 Å². The first-order valence-electron chi connectivity index (χ1n) is 9.80. The average molecular weight is 447 g/mol. The molecule has 2 aromatic carbocycles. The highest BCUT2D eigenvalue weighted by Crippen LogP contribution is 2.23. The summed E-state index contributed by atoms with van der Waals surface area (Å²) in [5.74, 6) is 0.426. The molecule has 1 saturated heterocycles. The van der Waals surface area contributed by atoms with Gasteiger partial charge >= 0.3 is 0 Å². The predicted octanol–water partition coefficient (Wildman–Crippen LogP) is 3.48. The van der Waals surface area contributed by atoms with Crippen molar-refractivity contribution in [1.29, 1.82) is 0 Å². The van der Waals surface area contributed by atoms with Crippen molar-refractivity contribution in [1.82, 2.24) is 13.7 Å². The molecule has 6 nitrogen and oxygen atoms in total. The first kappa shape index (κ1) is 20.9. The third kappa shape index (κ3) is 4.69. The molecule has 30 heavy (non-hydrogen) atoms. The van der Waals surface area contributed by atoms with Crippen molar-refractivity contribution in [3.63, 3.8) is 0 Å². The number of rotatable bonds is 5. The molecule has 1 aliphatic rings. The summed E-state index contributed by atoms with van der Waals surface area (Å²) in [4.78, 5) is 7.05. The molecule has 0 amide bonds. The number of aryl methyl sites for hydroxylation is 1. The summed E-state index contributed by atoms with van der Waals surface area (Å²) in [5.41, 5.74) is 1.98. The van der Waals surface area contributed by atoms with Gasteiger partial charge in [0.25, 0.3) is 0 Å². The van der Waals surface area contributed by atoms with Crippen LogP contribution in [-0.2, 0) is 16.4 Å². The minimum atomic E-state index is -3.50. The Morgan fingerprint density at radius 1 is 1.00 bits per heavy atom. The largest absolute Gasteiger partial charge is 0.345 e. The Labute approximate surface area is 180 Å². The summed E-state index contributed by atoms with van der Waals surface area (Å²) in [7, 11) is -3.50. The number of benzene rings is 2. The molecule has 0 spiro atoms. The van der Waals surface area contributed by atoms with Crippen molar-refractivity contribution in [2.45, 2.75) is 24.7 Å². The monoisotopic (exact) mass is 446 g/mol. The molecular formula is C21H23FN4O2S2. The van der Waals surface area contributed by atoms with Crippen molar-refractivity contribution < 1.29 is 12.8 Å². The molecule has 9 heteroatoms. The lowest BCUT2D eigenvalue weighted by Crippen LogP contribution is -2.35. The molecule has 3 aromatic rings. The van der Waals surface area contributed by atoms with Crippen molar-refractivity contribution in [2.24, 2.45) is 0 Å². The summed E-state index contributed by atoms with van der Waals surface area (Å²) >= 11 is 1.32. The van der Waals surface area contributed by atoms with Gasteiger partial charge in [-0.2, -0.15) is 8.68 Å². The van der Waals surface area contributed by atoms with Crippen molar-refractivity contribution in [3.05, 3.63) is 71.3 Å². The lowest BCUT2D eigenvalue weighted by atomic mass is 10.1. The highest BCUT2D eigenvalue weighted by Gasteiger charge is 2.27. The van der Waals surface area contributed by atoms with Crippen LogP contribution >= 0.6 is 11.5 Å². The number of anilines is 1. The van der Waals surface area contributed by atoms with Crippen LogP contribution in [0.4, 0.5) is 9.52 Å². The van der Waals surface area contributed by atoms with Crippen LogP contribution < -0.4 is 4.90 Å². The third-order valence-electron chi connectivity index (χ3n) is 5.12. The van der Waals surface area contributed by atoms with Crippen LogP contribution in [0.5, 0.6) is 0 Å². The highest BCUT2D eigenvalue weighted by molar-refractivity contribution is 7.89. The summed E-state index contributed by atoms with van der Waals surface area (Å²) in [6, 6.07) is 13.3. The predicted molar refractivity (Wildman–Crippen MR) is 116 cm³/mol. The van der Waals surface area contributed by atoms with Gasteiger partial charge < -0.3 is 4.90 Å². The zero-order chi connectivity index (χ0) is 21.1. The topological polar surface area (TPSA) is 66.4 Å². The zero-order valence-corrected chi connectivity index (χ0v) is 18.3. The Morgan fingerprint density at radius 3 is 2.47 bits per heavy atom. The maximum atomic E-state index is 13.1. The van der Waals surface area contributed by atoms with Crippen LogP contribution in [-0.4, -0.2) is 48.3 Å². The van der Waals surface area contributed by atoms with Gasteiger partial charge in [-0.25, -0.2) is 17.8 Å². The number of nitrogens with zero attached hydrogens (tertiary/aromatic N) is 4. The molecule has 4 rings (SSSR count). The SMILES string of the molecule is Cc1ccc(S(=O)(=O)N2CCCN(c3nc(Cc4ccc(F)cc4)ns3)CC2)cc1. The summed E-state index contributed by atoms with van der Waals surface area (Å²) in [5, 5.41) is 0.793. The van der Waals surface area contributed by atoms with Crippen molar-refractivity contribution in [3.8, 4) is 0 Å². The van der Waals surface area contributed by atoms with Gasteiger partial charge in [0.2, 0.25) is 15.2 Å². The molecule has 0 radical (unpaired) electrons. The van der Waals surface area contributed by atoms with E-state index < -0.39 is 10.0 Å². The zero-order valence-electron chi connectivity index (χ0n) is 16.7. The normalized spacial score (nSPS) is 15.9. The van der Waals surface area contributed by atoms with Gasteiger partial charge in [0.15, 0.2) is 0 Å².